The first kappa shape index (κ1) is 26.0. The predicted molar refractivity (Wildman–Crippen MR) is 114 cm³/mol. The lowest BCUT2D eigenvalue weighted by molar-refractivity contribution is -0.144. The first-order valence-corrected chi connectivity index (χ1v) is 11.2. The Labute approximate surface area is 199 Å². The number of aromatic nitrogens is 2. The number of amides is 1. The van der Waals surface area contributed by atoms with Crippen molar-refractivity contribution in [2.24, 2.45) is 7.05 Å². The Hall–Kier alpha value is -3.65. The molecule has 0 aliphatic heterocycles. The van der Waals surface area contributed by atoms with Gasteiger partial charge in [0.1, 0.15) is 23.0 Å². The molecule has 0 unspecified atom stereocenters. The van der Waals surface area contributed by atoms with Crippen LogP contribution in [0.3, 0.4) is 0 Å². The number of carbonyl (C=O) groups excluding carboxylic acids is 1. The van der Waals surface area contributed by atoms with Crippen LogP contribution in [0.4, 0.5) is 22.4 Å². The van der Waals surface area contributed by atoms with Crippen molar-refractivity contribution in [3.05, 3.63) is 91.5 Å². The number of benzene rings is 2. The highest BCUT2D eigenvalue weighted by atomic mass is 35.5. The highest BCUT2D eigenvalue weighted by Gasteiger charge is 2.35. The number of alkyl halides is 3. The Morgan fingerprint density at radius 2 is 1.74 bits per heavy atom. The summed E-state index contributed by atoms with van der Waals surface area (Å²) in [4.78, 5) is 35.7. The van der Waals surface area contributed by atoms with Crippen molar-refractivity contribution < 1.29 is 35.5 Å². The van der Waals surface area contributed by atoms with Gasteiger partial charge in [-0.3, -0.25) is 9.36 Å². The van der Waals surface area contributed by atoms with E-state index in [4.69, 9.17) is 16.3 Å². The number of rotatable bonds is 5. The van der Waals surface area contributed by atoms with Crippen LogP contribution in [0.15, 0.2) is 63.0 Å². The van der Waals surface area contributed by atoms with E-state index in [2.05, 4.69) is 0 Å². The summed E-state index contributed by atoms with van der Waals surface area (Å²) in [6.45, 7) is -0.290. The molecule has 0 spiro atoms. The minimum absolute atomic E-state index is 0.00630. The highest BCUT2D eigenvalue weighted by molar-refractivity contribution is 7.90. The lowest BCUT2D eigenvalue weighted by Crippen LogP contribution is -2.41. The van der Waals surface area contributed by atoms with E-state index in [-0.39, 0.29) is 21.8 Å². The number of halogens is 5. The van der Waals surface area contributed by atoms with Crippen LogP contribution in [-0.2, 0) is 34.6 Å². The Bertz CT molecular complexity index is 1520. The van der Waals surface area contributed by atoms with E-state index >= 15 is 0 Å². The first-order valence-electron chi connectivity index (χ1n) is 9.35. The molecule has 0 fully saturated rings. The molecule has 0 radical (unpaired) electrons. The number of sulfonamides is 1. The van der Waals surface area contributed by atoms with Gasteiger partial charge in [0.05, 0.1) is 10.7 Å². The van der Waals surface area contributed by atoms with Crippen molar-refractivity contribution >= 4 is 27.7 Å². The summed E-state index contributed by atoms with van der Waals surface area (Å²) in [6, 6.07) is 9.12. The molecule has 1 amide bonds. The van der Waals surface area contributed by atoms with Gasteiger partial charge in [-0.2, -0.15) is 13.2 Å². The summed E-state index contributed by atoms with van der Waals surface area (Å²) in [5.74, 6) is -1.39. The van der Waals surface area contributed by atoms with Crippen LogP contribution in [0.25, 0.3) is 5.69 Å². The normalized spacial score (nSPS) is 11.8. The molecule has 0 atom stereocenters. The number of carbonyl (C=O) groups is 1. The largest absolute Gasteiger partial charge is 0.444 e. The lowest BCUT2D eigenvalue weighted by Gasteiger charge is -2.15. The second-order valence-corrected chi connectivity index (χ2v) is 9.00. The van der Waals surface area contributed by atoms with Crippen LogP contribution in [0.5, 0.6) is 0 Å². The van der Waals surface area contributed by atoms with E-state index in [0.717, 1.165) is 0 Å². The van der Waals surface area contributed by atoms with Crippen molar-refractivity contribution in [3.63, 3.8) is 0 Å². The van der Waals surface area contributed by atoms with Crippen LogP contribution in [0.1, 0.15) is 11.3 Å². The zero-order valence-corrected chi connectivity index (χ0v) is 19.0. The van der Waals surface area contributed by atoms with E-state index < -0.39 is 60.7 Å². The van der Waals surface area contributed by atoms with Gasteiger partial charge < -0.3 is 4.74 Å². The SMILES string of the molecule is Cn1c(C(F)(F)F)cc(=O)n(-c2cc(S(=O)(=O)NC(=O)OCc3ccccc3)c(Cl)cc2F)c1=O. The Kier molecular flexibility index (Phi) is 7.08. The van der Waals surface area contributed by atoms with Gasteiger partial charge in [0.2, 0.25) is 0 Å². The van der Waals surface area contributed by atoms with Crippen LogP contribution in [0, 0.1) is 5.82 Å². The fourth-order valence-electron chi connectivity index (χ4n) is 2.93. The molecule has 1 N–H and O–H groups in total. The number of nitrogens with one attached hydrogen (secondary N) is 1. The van der Waals surface area contributed by atoms with Gasteiger partial charge in [0.25, 0.3) is 15.6 Å². The molecular formula is C20H14ClF4N3O6S. The molecule has 186 valence electrons. The molecule has 0 saturated carbocycles. The average molecular weight is 536 g/mol. The first-order chi connectivity index (χ1) is 16.2. The fraction of sp³-hybridized carbons (Fsp3) is 0.150. The van der Waals surface area contributed by atoms with Crippen molar-refractivity contribution in [2.45, 2.75) is 17.7 Å². The third kappa shape index (κ3) is 5.54. The molecule has 3 aromatic rings. The van der Waals surface area contributed by atoms with E-state index in [1.54, 1.807) is 30.3 Å². The maximum atomic E-state index is 14.6. The topological polar surface area (TPSA) is 116 Å². The Morgan fingerprint density at radius 3 is 2.34 bits per heavy atom. The second kappa shape index (κ2) is 9.54. The summed E-state index contributed by atoms with van der Waals surface area (Å²) in [5, 5.41) is -0.744. The zero-order valence-electron chi connectivity index (χ0n) is 17.5. The maximum Gasteiger partial charge on any atom is 0.431 e. The number of hydrogen-bond donors (Lipinski definition) is 1. The van der Waals surface area contributed by atoms with Crippen molar-refractivity contribution in [3.8, 4) is 5.69 Å². The number of ether oxygens (including phenoxy) is 1. The monoisotopic (exact) mass is 535 g/mol. The van der Waals surface area contributed by atoms with Crippen molar-refractivity contribution in [2.75, 3.05) is 0 Å². The van der Waals surface area contributed by atoms with Gasteiger partial charge in [-0.15, -0.1) is 0 Å². The van der Waals surface area contributed by atoms with Crippen molar-refractivity contribution in [1.29, 1.82) is 0 Å². The van der Waals surface area contributed by atoms with Gasteiger partial charge in [-0.05, 0) is 17.7 Å². The molecule has 1 aromatic heterocycles. The quantitative estimate of drug-likeness (QED) is 0.502. The minimum Gasteiger partial charge on any atom is -0.444 e. The number of nitrogens with zero attached hydrogens (tertiary/aromatic N) is 2. The van der Waals surface area contributed by atoms with E-state index in [1.807, 2.05) is 0 Å². The average Bonchev–Trinajstić information content (AvgIpc) is 2.75. The minimum atomic E-state index is -5.07. The van der Waals surface area contributed by atoms with Gasteiger partial charge >= 0.3 is 18.0 Å². The van der Waals surface area contributed by atoms with E-state index in [0.29, 0.717) is 24.7 Å². The second-order valence-electron chi connectivity index (χ2n) is 6.94. The van der Waals surface area contributed by atoms with Gasteiger partial charge in [-0.1, -0.05) is 41.9 Å². The molecule has 15 heteroatoms. The molecule has 0 aliphatic rings. The van der Waals surface area contributed by atoms with E-state index in [9.17, 15) is 40.4 Å². The summed E-state index contributed by atoms with van der Waals surface area (Å²) in [7, 11) is -4.15. The Morgan fingerprint density at radius 1 is 1.11 bits per heavy atom. The standard InChI is InChI=1S/C20H14ClF4N3O6S/c1-27-16(20(23,24)25)9-17(29)28(19(27)31)14-8-15(12(21)7-13(14)22)35(32,33)26-18(30)34-10-11-5-3-2-4-6-11/h2-9H,10H2,1H3,(H,26,30). The number of hydrogen-bond acceptors (Lipinski definition) is 6. The third-order valence-corrected chi connectivity index (χ3v) is 6.35. The Balaban J connectivity index is 2.01. The summed E-state index contributed by atoms with van der Waals surface area (Å²) in [6.07, 6.45) is -6.48. The van der Waals surface area contributed by atoms with Gasteiger partial charge in [0.15, 0.2) is 0 Å². The highest BCUT2D eigenvalue weighted by Crippen LogP contribution is 2.28. The van der Waals surface area contributed by atoms with Gasteiger partial charge in [0, 0.05) is 13.1 Å². The van der Waals surface area contributed by atoms with Crippen molar-refractivity contribution in [1.82, 2.24) is 13.9 Å². The summed E-state index contributed by atoms with van der Waals surface area (Å²) < 4.78 is 85.4. The smallest absolute Gasteiger partial charge is 0.431 e. The molecule has 0 saturated heterocycles. The maximum absolute atomic E-state index is 14.6. The van der Waals surface area contributed by atoms with E-state index in [1.165, 1.54) is 4.72 Å². The van der Waals surface area contributed by atoms with Crippen LogP contribution in [-0.4, -0.2) is 23.6 Å². The third-order valence-electron chi connectivity index (χ3n) is 4.57. The molecular weight excluding hydrogens is 522 g/mol. The molecule has 35 heavy (non-hydrogen) atoms. The molecule has 3 rings (SSSR count). The molecule has 1 heterocycles. The molecule has 0 aliphatic carbocycles. The van der Waals surface area contributed by atoms with Crippen LogP contribution >= 0.6 is 11.6 Å². The van der Waals surface area contributed by atoms with Gasteiger partial charge in [-0.25, -0.2) is 31.7 Å². The van der Waals surface area contributed by atoms with Crippen LogP contribution in [0.2, 0.25) is 5.02 Å². The lowest BCUT2D eigenvalue weighted by atomic mass is 10.2. The van der Waals surface area contributed by atoms with Crippen LogP contribution < -0.4 is 16.0 Å². The summed E-state index contributed by atoms with van der Waals surface area (Å²) in [5.41, 5.74) is -5.26. The predicted octanol–water partition coefficient (Wildman–Crippen LogP) is 2.96. The molecule has 2 aromatic carbocycles. The zero-order chi connectivity index (χ0) is 26.1. The molecule has 9 nitrogen and oxygen atoms in total. The fourth-order valence-corrected chi connectivity index (χ4v) is 4.36. The molecule has 0 bridgehead atoms. The summed E-state index contributed by atoms with van der Waals surface area (Å²) >= 11 is 5.80.